The Morgan fingerprint density at radius 1 is 1.24 bits per heavy atom. The Bertz CT molecular complexity index is 503. The lowest BCUT2D eigenvalue weighted by Crippen LogP contribution is -2.46. The molecule has 3 heterocycles. The maximum absolute atomic E-state index is 12.5. The molecule has 4 bridgehead atoms. The minimum Gasteiger partial charge on any atom is -0.456 e. The first-order valence-corrected chi connectivity index (χ1v) is 8.03. The Labute approximate surface area is 123 Å². The first-order valence-electron chi connectivity index (χ1n) is 8.03. The van der Waals surface area contributed by atoms with E-state index < -0.39 is 0 Å². The van der Waals surface area contributed by atoms with Gasteiger partial charge in [-0.1, -0.05) is 12.2 Å². The van der Waals surface area contributed by atoms with E-state index >= 15 is 0 Å². The number of ether oxygens (including phenoxy) is 3. The van der Waals surface area contributed by atoms with E-state index in [2.05, 4.69) is 12.2 Å². The molecule has 9 atom stereocenters. The second-order valence-electron chi connectivity index (χ2n) is 7.16. The molecule has 0 aromatic carbocycles. The zero-order chi connectivity index (χ0) is 14.1. The topological polar surface area (TPSA) is 65.0 Å². The highest BCUT2D eigenvalue weighted by atomic mass is 16.6. The lowest BCUT2D eigenvalue weighted by Gasteiger charge is -2.30. The molecule has 0 spiro atoms. The number of allylic oxidation sites excluding steroid dienone is 2. The molecule has 1 N–H and O–H groups in total. The summed E-state index contributed by atoms with van der Waals surface area (Å²) in [7, 11) is 0. The second-order valence-corrected chi connectivity index (χ2v) is 7.16. The molecule has 0 radical (unpaired) electrons. The van der Waals surface area contributed by atoms with Crippen molar-refractivity contribution in [2.75, 3.05) is 13.2 Å². The van der Waals surface area contributed by atoms with Gasteiger partial charge in [0.1, 0.15) is 12.2 Å². The zero-order valence-electron chi connectivity index (χ0n) is 11.8. The Morgan fingerprint density at radius 2 is 2.14 bits per heavy atom. The molecule has 0 aromatic rings. The van der Waals surface area contributed by atoms with Crippen LogP contribution < -0.4 is 0 Å². The van der Waals surface area contributed by atoms with Gasteiger partial charge in [0.2, 0.25) is 0 Å². The maximum atomic E-state index is 12.5. The molecule has 3 aliphatic heterocycles. The zero-order valence-corrected chi connectivity index (χ0v) is 11.8. The molecular weight excluding hydrogens is 272 g/mol. The second kappa shape index (κ2) is 4.31. The van der Waals surface area contributed by atoms with E-state index in [9.17, 15) is 9.90 Å². The van der Waals surface area contributed by atoms with Crippen LogP contribution in [0.3, 0.4) is 0 Å². The van der Waals surface area contributed by atoms with E-state index in [0.717, 1.165) is 12.8 Å². The molecule has 5 heteroatoms. The number of aliphatic hydroxyl groups is 1. The van der Waals surface area contributed by atoms with Gasteiger partial charge in [-0.25, -0.2) is 0 Å². The van der Waals surface area contributed by atoms with Gasteiger partial charge in [-0.3, -0.25) is 4.79 Å². The maximum Gasteiger partial charge on any atom is 0.310 e. The first-order chi connectivity index (χ1) is 10.3. The molecule has 114 valence electrons. The highest BCUT2D eigenvalue weighted by Crippen LogP contribution is 2.51. The summed E-state index contributed by atoms with van der Waals surface area (Å²) in [6.07, 6.45) is 5.76. The van der Waals surface area contributed by atoms with Gasteiger partial charge in [0.15, 0.2) is 6.10 Å². The predicted molar refractivity (Wildman–Crippen MR) is 71.2 cm³/mol. The van der Waals surface area contributed by atoms with Gasteiger partial charge in [0.05, 0.1) is 18.6 Å². The van der Waals surface area contributed by atoms with Crippen LogP contribution in [0, 0.1) is 29.6 Å². The quantitative estimate of drug-likeness (QED) is 0.607. The molecule has 21 heavy (non-hydrogen) atoms. The Hall–Kier alpha value is -0.910. The monoisotopic (exact) mass is 292 g/mol. The number of hydrogen-bond donors (Lipinski definition) is 1. The van der Waals surface area contributed by atoms with Gasteiger partial charge >= 0.3 is 5.97 Å². The van der Waals surface area contributed by atoms with Crippen molar-refractivity contribution >= 4 is 5.97 Å². The van der Waals surface area contributed by atoms with Gasteiger partial charge < -0.3 is 19.3 Å². The average Bonchev–Trinajstić information content (AvgIpc) is 3.23. The minimum atomic E-state index is -0.332. The van der Waals surface area contributed by atoms with Gasteiger partial charge in [-0.2, -0.15) is 0 Å². The molecule has 5 nitrogen and oxygen atoms in total. The summed E-state index contributed by atoms with van der Waals surface area (Å²) < 4.78 is 17.5. The predicted octanol–water partition coefficient (Wildman–Crippen LogP) is 0.515. The standard InChI is InChI=1S/C16H20O5/c17-5-10-11-6-19-14-13(11)20-12(10)15(14)21-16(18)9-4-7-1-2-8(9)3-7/h1-2,7-15,17H,3-6H2. The molecule has 0 amide bonds. The van der Waals surface area contributed by atoms with E-state index in [4.69, 9.17) is 14.2 Å². The Morgan fingerprint density at radius 3 is 2.86 bits per heavy atom. The third-order valence-electron chi connectivity index (χ3n) is 6.21. The summed E-state index contributed by atoms with van der Waals surface area (Å²) in [5.41, 5.74) is 0. The molecule has 1 saturated carbocycles. The van der Waals surface area contributed by atoms with Crippen molar-refractivity contribution in [3.63, 3.8) is 0 Å². The molecule has 5 aliphatic rings. The van der Waals surface area contributed by atoms with E-state index in [-0.39, 0.29) is 54.7 Å². The number of aliphatic hydroxyl groups excluding tert-OH is 1. The van der Waals surface area contributed by atoms with Gasteiger partial charge in [-0.05, 0) is 24.7 Å². The van der Waals surface area contributed by atoms with Crippen molar-refractivity contribution in [2.24, 2.45) is 29.6 Å². The van der Waals surface area contributed by atoms with Crippen LogP contribution in [0.5, 0.6) is 0 Å². The molecule has 2 aliphatic carbocycles. The number of fused-ring (bicyclic) bond motifs is 3. The minimum absolute atomic E-state index is 0.00361. The fourth-order valence-corrected chi connectivity index (χ4v) is 5.16. The smallest absolute Gasteiger partial charge is 0.310 e. The van der Waals surface area contributed by atoms with Crippen molar-refractivity contribution in [1.82, 2.24) is 0 Å². The van der Waals surface area contributed by atoms with Crippen molar-refractivity contribution in [3.05, 3.63) is 12.2 Å². The Balaban J connectivity index is 1.33. The molecule has 9 unspecified atom stereocenters. The molecule has 3 saturated heterocycles. The van der Waals surface area contributed by atoms with Crippen LogP contribution in [0.4, 0.5) is 0 Å². The average molecular weight is 292 g/mol. The third-order valence-corrected chi connectivity index (χ3v) is 6.21. The number of esters is 1. The van der Waals surface area contributed by atoms with Crippen LogP contribution in [0.1, 0.15) is 12.8 Å². The number of rotatable bonds is 3. The summed E-state index contributed by atoms with van der Waals surface area (Å²) in [6.45, 7) is 0.689. The molecule has 5 rings (SSSR count). The number of hydrogen-bond acceptors (Lipinski definition) is 5. The van der Waals surface area contributed by atoms with Crippen molar-refractivity contribution in [3.8, 4) is 0 Å². The fraction of sp³-hybridized carbons (Fsp3) is 0.812. The van der Waals surface area contributed by atoms with E-state index in [0.29, 0.717) is 18.4 Å². The SMILES string of the molecule is O=C(OC1C2OC3C(COC31)C2CO)C1CC2C=CC1C2. The summed E-state index contributed by atoms with van der Waals surface area (Å²) in [5, 5.41) is 9.57. The third kappa shape index (κ3) is 1.60. The first kappa shape index (κ1) is 12.6. The normalized spacial score (nSPS) is 55.6. The fourth-order valence-electron chi connectivity index (χ4n) is 5.16. The van der Waals surface area contributed by atoms with Gasteiger partial charge in [0.25, 0.3) is 0 Å². The van der Waals surface area contributed by atoms with Gasteiger partial charge in [0, 0.05) is 18.4 Å². The van der Waals surface area contributed by atoms with Gasteiger partial charge in [-0.15, -0.1) is 0 Å². The van der Waals surface area contributed by atoms with E-state index in [1.54, 1.807) is 0 Å². The molecule has 4 fully saturated rings. The summed E-state index contributed by atoms with van der Waals surface area (Å²) >= 11 is 0. The van der Waals surface area contributed by atoms with Crippen LogP contribution in [-0.4, -0.2) is 48.7 Å². The highest BCUT2D eigenvalue weighted by molar-refractivity contribution is 5.74. The van der Waals surface area contributed by atoms with Crippen molar-refractivity contribution < 1.29 is 24.1 Å². The summed E-state index contributed by atoms with van der Waals surface area (Å²) in [4.78, 5) is 12.5. The highest BCUT2D eigenvalue weighted by Gasteiger charge is 2.65. The van der Waals surface area contributed by atoms with Crippen LogP contribution >= 0.6 is 0 Å². The molecular formula is C16H20O5. The number of carbonyl (C=O) groups excluding carboxylic acids is 1. The lowest BCUT2D eigenvalue weighted by atomic mass is 9.79. The van der Waals surface area contributed by atoms with E-state index in [1.807, 2.05) is 0 Å². The number of carbonyl (C=O) groups is 1. The van der Waals surface area contributed by atoms with Crippen LogP contribution in [0.2, 0.25) is 0 Å². The van der Waals surface area contributed by atoms with Crippen LogP contribution in [0.15, 0.2) is 12.2 Å². The molecule has 0 aromatic heterocycles. The van der Waals surface area contributed by atoms with E-state index in [1.165, 1.54) is 0 Å². The Kier molecular flexibility index (Phi) is 2.59. The van der Waals surface area contributed by atoms with Crippen LogP contribution in [0.25, 0.3) is 0 Å². The summed E-state index contributed by atoms with van der Waals surface area (Å²) in [6, 6.07) is 0. The van der Waals surface area contributed by atoms with Crippen molar-refractivity contribution in [2.45, 2.75) is 37.3 Å². The lowest BCUT2D eigenvalue weighted by molar-refractivity contribution is -0.163. The van der Waals surface area contributed by atoms with Crippen LogP contribution in [-0.2, 0) is 19.0 Å². The summed E-state index contributed by atoms with van der Waals surface area (Å²) in [5.74, 6) is 1.13. The largest absolute Gasteiger partial charge is 0.456 e. The van der Waals surface area contributed by atoms with Crippen molar-refractivity contribution in [1.29, 1.82) is 0 Å².